The van der Waals surface area contributed by atoms with Gasteiger partial charge < -0.3 is 10.1 Å². The lowest BCUT2D eigenvalue weighted by molar-refractivity contribution is -0.0509. The van der Waals surface area contributed by atoms with E-state index in [1.165, 1.54) is 0 Å². The minimum Gasteiger partial charge on any atom is -0.375 e. The van der Waals surface area contributed by atoms with Gasteiger partial charge in [-0.1, -0.05) is 0 Å². The molecule has 1 aliphatic heterocycles. The Hall–Kier alpha value is -1.00. The van der Waals surface area contributed by atoms with Crippen LogP contribution in [0.1, 0.15) is 5.69 Å². The number of nitrogens with one attached hydrogen (secondary N) is 1. The third-order valence-electron chi connectivity index (χ3n) is 2.45. The summed E-state index contributed by atoms with van der Waals surface area (Å²) in [6.07, 6.45) is 6.02. The van der Waals surface area contributed by atoms with Crippen molar-refractivity contribution in [2.24, 2.45) is 0 Å². The molecule has 0 saturated carbocycles. The van der Waals surface area contributed by atoms with Crippen molar-refractivity contribution >= 4 is 0 Å². The molecule has 1 fully saturated rings. The topological polar surface area (TPSA) is 47.0 Å². The molecule has 0 bridgehead atoms. The molecule has 70 valence electrons. The van der Waals surface area contributed by atoms with Gasteiger partial charge in [0.05, 0.1) is 11.3 Å². The Morgan fingerprint density at radius 3 is 2.85 bits per heavy atom. The van der Waals surface area contributed by atoms with Crippen molar-refractivity contribution in [2.45, 2.75) is 12.0 Å². The average molecular weight is 179 g/mol. The fourth-order valence-corrected chi connectivity index (χ4v) is 1.50. The summed E-state index contributed by atoms with van der Waals surface area (Å²) >= 11 is 0. The van der Waals surface area contributed by atoms with Gasteiger partial charge in [-0.2, -0.15) is 0 Å². The van der Waals surface area contributed by atoms with Crippen LogP contribution in [0.15, 0.2) is 18.6 Å². The number of aromatic nitrogens is 2. The molecule has 2 heterocycles. The van der Waals surface area contributed by atoms with Crippen LogP contribution in [0, 0.1) is 0 Å². The molecule has 1 N–H and O–H groups in total. The predicted octanol–water partition coefficient (Wildman–Crippen LogP) is 0.00750. The van der Waals surface area contributed by atoms with Crippen molar-refractivity contribution in [3.63, 3.8) is 0 Å². The number of methoxy groups -OCH3 is 1. The minimum atomic E-state index is -0.0456. The van der Waals surface area contributed by atoms with Crippen LogP contribution >= 0.6 is 0 Å². The second kappa shape index (κ2) is 3.40. The van der Waals surface area contributed by atoms with Gasteiger partial charge >= 0.3 is 0 Å². The van der Waals surface area contributed by atoms with E-state index in [1.807, 2.05) is 0 Å². The average Bonchev–Trinajstić information content (AvgIpc) is 2.13. The first-order valence-corrected chi connectivity index (χ1v) is 4.35. The highest BCUT2D eigenvalue weighted by molar-refractivity contribution is 5.06. The molecule has 0 aromatic carbocycles. The molecule has 1 saturated heterocycles. The van der Waals surface area contributed by atoms with Crippen molar-refractivity contribution in [1.29, 1.82) is 0 Å². The first-order valence-electron chi connectivity index (χ1n) is 4.35. The van der Waals surface area contributed by atoms with Crippen LogP contribution in [0.25, 0.3) is 0 Å². The largest absolute Gasteiger partial charge is 0.375 e. The van der Waals surface area contributed by atoms with Gasteiger partial charge in [-0.3, -0.25) is 9.97 Å². The van der Waals surface area contributed by atoms with Crippen LogP contribution in [0.2, 0.25) is 0 Å². The maximum Gasteiger partial charge on any atom is 0.0981 e. The van der Waals surface area contributed by atoms with Crippen LogP contribution in [-0.2, 0) is 11.2 Å². The fraction of sp³-hybridized carbons (Fsp3) is 0.556. The van der Waals surface area contributed by atoms with Crippen molar-refractivity contribution < 1.29 is 4.74 Å². The van der Waals surface area contributed by atoms with E-state index in [4.69, 9.17) is 4.74 Å². The van der Waals surface area contributed by atoms with Gasteiger partial charge in [0, 0.05) is 45.2 Å². The Morgan fingerprint density at radius 2 is 2.38 bits per heavy atom. The molecule has 4 nitrogen and oxygen atoms in total. The lowest BCUT2D eigenvalue weighted by atomic mass is 9.91. The maximum atomic E-state index is 5.45. The van der Waals surface area contributed by atoms with E-state index in [2.05, 4.69) is 15.3 Å². The molecule has 1 aromatic heterocycles. The fourth-order valence-electron chi connectivity index (χ4n) is 1.50. The zero-order chi connectivity index (χ0) is 9.15. The highest BCUT2D eigenvalue weighted by atomic mass is 16.5. The summed E-state index contributed by atoms with van der Waals surface area (Å²) in [5.41, 5.74) is 0.946. The van der Waals surface area contributed by atoms with Crippen LogP contribution in [0.5, 0.6) is 0 Å². The molecular formula is C9H13N3O. The molecule has 0 radical (unpaired) electrons. The van der Waals surface area contributed by atoms with Crippen LogP contribution in [0.4, 0.5) is 0 Å². The number of hydrogen-bond acceptors (Lipinski definition) is 4. The Morgan fingerprint density at radius 1 is 1.54 bits per heavy atom. The second-order valence-electron chi connectivity index (χ2n) is 3.36. The summed E-state index contributed by atoms with van der Waals surface area (Å²) in [7, 11) is 1.75. The van der Waals surface area contributed by atoms with Gasteiger partial charge in [0.1, 0.15) is 0 Å². The lowest BCUT2D eigenvalue weighted by Gasteiger charge is -2.41. The van der Waals surface area contributed by atoms with Crippen LogP contribution in [0.3, 0.4) is 0 Å². The van der Waals surface area contributed by atoms with Gasteiger partial charge in [0.25, 0.3) is 0 Å². The SMILES string of the molecule is COC1(Cc2cnccn2)CNC1. The quantitative estimate of drug-likeness (QED) is 0.710. The van der Waals surface area contributed by atoms with Crippen LogP contribution < -0.4 is 5.32 Å². The van der Waals surface area contributed by atoms with E-state index in [1.54, 1.807) is 25.7 Å². The number of rotatable bonds is 3. The zero-order valence-corrected chi connectivity index (χ0v) is 7.66. The molecule has 0 unspecified atom stereocenters. The Bertz CT molecular complexity index is 266. The van der Waals surface area contributed by atoms with Crippen molar-refractivity contribution in [3.8, 4) is 0 Å². The van der Waals surface area contributed by atoms with Crippen molar-refractivity contribution in [1.82, 2.24) is 15.3 Å². The van der Waals surface area contributed by atoms with Gasteiger partial charge in [-0.25, -0.2) is 0 Å². The lowest BCUT2D eigenvalue weighted by Crippen LogP contribution is -2.62. The number of hydrogen-bond donors (Lipinski definition) is 1. The van der Waals surface area contributed by atoms with Gasteiger partial charge in [-0.15, -0.1) is 0 Å². The molecule has 1 aromatic rings. The van der Waals surface area contributed by atoms with Crippen molar-refractivity contribution in [3.05, 3.63) is 24.3 Å². The van der Waals surface area contributed by atoms with E-state index in [-0.39, 0.29) is 5.60 Å². The van der Waals surface area contributed by atoms with E-state index >= 15 is 0 Å². The number of nitrogens with zero attached hydrogens (tertiary/aromatic N) is 2. The van der Waals surface area contributed by atoms with Gasteiger partial charge in [0.2, 0.25) is 0 Å². The molecule has 0 amide bonds. The smallest absolute Gasteiger partial charge is 0.0981 e. The first-order chi connectivity index (χ1) is 6.35. The van der Waals surface area contributed by atoms with E-state index < -0.39 is 0 Å². The molecular weight excluding hydrogens is 166 g/mol. The molecule has 13 heavy (non-hydrogen) atoms. The highest BCUT2D eigenvalue weighted by Gasteiger charge is 2.37. The molecule has 0 spiro atoms. The summed E-state index contributed by atoms with van der Waals surface area (Å²) in [5, 5.41) is 3.20. The molecule has 0 atom stereocenters. The summed E-state index contributed by atoms with van der Waals surface area (Å²) in [6, 6.07) is 0. The van der Waals surface area contributed by atoms with E-state index in [0.717, 1.165) is 25.2 Å². The zero-order valence-electron chi connectivity index (χ0n) is 7.66. The number of ether oxygens (including phenoxy) is 1. The predicted molar refractivity (Wildman–Crippen MR) is 48.3 cm³/mol. The second-order valence-corrected chi connectivity index (χ2v) is 3.36. The van der Waals surface area contributed by atoms with E-state index in [9.17, 15) is 0 Å². The summed E-state index contributed by atoms with van der Waals surface area (Å²) in [6.45, 7) is 1.81. The minimum absolute atomic E-state index is 0.0456. The molecule has 0 aliphatic carbocycles. The highest BCUT2D eigenvalue weighted by Crippen LogP contribution is 2.19. The Kier molecular flexibility index (Phi) is 2.24. The van der Waals surface area contributed by atoms with E-state index in [0.29, 0.717) is 0 Å². The summed E-state index contributed by atoms with van der Waals surface area (Å²) in [5.74, 6) is 0. The summed E-state index contributed by atoms with van der Waals surface area (Å²) in [4.78, 5) is 8.25. The molecule has 1 aliphatic rings. The van der Waals surface area contributed by atoms with Crippen molar-refractivity contribution in [2.75, 3.05) is 20.2 Å². The first kappa shape index (κ1) is 8.59. The maximum absolute atomic E-state index is 5.45. The Labute approximate surface area is 77.4 Å². The Balaban J connectivity index is 2.05. The third-order valence-corrected chi connectivity index (χ3v) is 2.45. The third kappa shape index (κ3) is 1.68. The monoisotopic (exact) mass is 179 g/mol. The summed E-state index contributed by atoms with van der Waals surface area (Å²) < 4.78 is 5.45. The molecule has 4 heteroatoms. The van der Waals surface area contributed by atoms with Crippen LogP contribution in [-0.4, -0.2) is 35.8 Å². The molecule has 2 rings (SSSR count). The van der Waals surface area contributed by atoms with Gasteiger partial charge in [-0.05, 0) is 0 Å². The van der Waals surface area contributed by atoms with Gasteiger partial charge in [0.15, 0.2) is 0 Å². The standard InChI is InChI=1S/C9H13N3O/c1-13-9(6-11-7-9)4-8-5-10-2-3-12-8/h2-3,5,11H,4,6-7H2,1H3. The normalized spacial score (nSPS) is 19.5.